The Hall–Kier alpha value is -1.68. The number of para-hydroxylation sites is 1. The van der Waals surface area contributed by atoms with Gasteiger partial charge >= 0.3 is 0 Å². The average molecular weight is 235 g/mol. The van der Waals surface area contributed by atoms with Gasteiger partial charge in [-0.2, -0.15) is 0 Å². The van der Waals surface area contributed by atoms with Gasteiger partial charge in [0.1, 0.15) is 6.61 Å². The summed E-state index contributed by atoms with van der Waals surface area (Å²) >= 11 is 0. The Morgan fingerprint density at radius 1 is 1.29 bits per heavy atom. The Bertz CT molecular complexity index is 413. The highest BCUT2D eigenvalue weighted by Gasteiger charge is 2.09. The zero-order valence-corrected chi connectivity index (χ0v) is 10.3. The normalized spacial score (nSPS) is 10.4. The predicted octanol–water partition coefficient (Wildman–Crippen LogP) is 2.25. The smallest absolute Gasteiger partial charge is 0.250 e. The van der Waals surface area contributed by atoms with Crippen LogP contribution in [0.1, 0.15) is 31.1 Å². The van der Waals surface area contributed by atoms with Gasteiger partial charge in [-0.3, -0.25) is 9.59 Å². The number of ether oxygens (including phenoxy) is 1. The Morgan fingerprint density at radius 2 is 1.94 bits per heavy atom. The van der Waals surface area contributed by atoms with E-state index in [1.807, 2.05) is 13.8 Å². The number of carbonyl (C=O) groups excluding carboxylic acids is 2. The third-order valence-electron chi connectivity index (χ3n) is 2.13. The first-order valence-electron chi connectivity index (χ1n) is 5.52. The van der Waals surface area contributed by atoms with Crippen molar-refractivity contribution in [1.29, 1.82) is 0 Å². The van der Waals surface area contributed by atoms with Gasteiger partial charge < -0.3 is 10.1 Å². The number of hydrogen-bond acceptors (Lipinski definition) is 3. The van der Waals surface area contributed by atoms with E-state index < -0.39 is 0 Å². The summed E-state index contributed by atoms with van der Waals surface area (Å²) in [7, 11) is 0. The maximum atomic E-state index is 11.5. The van der Waals surface area contributed by atoms with Crippen molar-refractivity contribution < 1.29 is 14.3 Å². The summed E-state index contributed by atoms with van der Waals surface area (Å²) in [5.74, 6) is -0.335. The predicted molar refractivity (Wildman–Crippen MR) is 66.2 cm³/mol. The van der Waals surface area contributed by atoms with Crippen LogP contribution in [0.5, 0.6) is 0 Å². The highest BCUT2D eigenvalue weighted by Crippen LogP contribution is 2.15. The molecule has 0 spiro atoms. The number of ketones is 1. The molecule has 4 nitrogen and oxygen atoms in total. The molecule has 0 fully saturated rings. The lowest BCUT2D eigenvalue weighted by Crippen LogP contribution is -2.21. The van der Waals surface area contributed by atoms with Gasteiger partial charge in [-0.25, -0.2) is 0 Å². The summed E-state index contributed by atoms with van der Waals surface area (Å²) in [6, 6.07) is 6.91. The van der Waals surface area contributed by atoms with Crippen molar-refractivity contribution in [2.75, 3.05) is 11.9 Å². The number of benzene rings is 1. The number of amides is 1. The van der Waals surface area contributed by atoms with Gasteiger partial charge in [-0.15, -0.1) is 0 Å². The maximum Gasteiger partial charge on any atom is 0.250 e. The van der Waals surface area contributed by atoms with Crippen molar-refractivity contribution in [1.82, 2.24) is 0 Å². The largest absolute Gasteiger partial charge is 0.369 e. The van der Waals surface area contributed by atoms with Crippen LogP contribution in [0.15, 0.2) is 24.3 Å². The molecule has 0 saturated carbocycles. The summed E-state index contributed by atoms with van der Waals surface area (Å²) in [6.45, 7) is 5.17. The third kappa shape index (κ3) is 4.36. The van der Waals surface area contributed by atoms with E-state index in [4.69, 9.17) is 4.74 Å². The molecule has 1 amide bonds. The highest BCUT2D eigenvalue weighted by molar-refractivity contribution is 6.03. The first-order chi connectivity index (χ1) is 8.00. The van der Waals surface area contributed by atoms with Gasteiger partial charge in [0.05, 0.1) is 11.8 Å². The van der Waals surface area contributed by atoms with E-state index in [1.165, 1.54) is 6.92 Å². The summed E-state index contributed by atoms with van der Waals surface area (Å²) < 4.78 is 5.18. The van der Waals surface area contributed by atoms with Crippen molar-refractivity contribution in [2.45, 2.75) is 26.9 Å². The van der Waals surface area contributed by atoms with Crippen LogP contribution in [0.3, 0.4) is 0 Å². The van der Waals surface area contributed by atoms with Crippen LogP contribution in [0.25, 0.3) is 0 Å². The van der Waals surface area contributed by atoms with E-state index in [-0.39, 0.29) is 24.4 Å². The minimum Gasteiger partial charge on any atom is -0.369 e. The molecule has 1 aromatic rings. The number of carbonyl (C=O) groups is 2. The van der Waals surface area contributed by atoms with Crippen LogP contribution in [0, 0.1) is 0 Å². The van der Waals surface area contributed by atoms with E-state index in [0.717, 1.165) is 0 Å². The van der Waals surface area contributed by atoms with E-state index >= 15 is 0 Å². The second-order valence-electron chi connectivity index (χ2n) is 4.01. The van der Waals surface area contributed by atoms with Crippen LogP contribution >= 0.6 is 0 Å². The number of nitrogens with one attached hydrogen (secondary N) is 1. The van der Waals surface area contributed by atoms with E-state index in [9.17, 15) is 9.59 Å². The average Bonchev–Trinajstić information content (AvgIpc) is 2.27. The molecule has 0 saturated heterocycles. The first kappa shape index (κ1) is 13.4. The third-order valence-corrected chi connectivity index (χ3v) is 2.13. The molecule has 0 aliphatic rings. The summed E-state index contributed by atoms with van der Waals surface area (Å²) in [5.41, 5.74) is 1.03. The van der Waals surface area contributed by atoms with Gasteiger partial charge in [0.15, 0.2) is 5.78 Å². The SMILES string of the molecule is CC(=O)c1ccccc1NC(=O)COC(C)C. The Morgan fingerprint density at radius 3 is 2.53 bits per heavy atom. The van der Waals surface area contributed by atoms with Crippen molar-refractivity contribution in [2.24, 2.45) is 0 Å². The topological polar surface area (TPSA) is 55.4 Å². The lowest BCUT2D eigenvalue weighted by molar-refractivity contribution is -0.121. The molecule has 92 valence electrons. The Kier molecular flexibility index (Phi) is 4.84. The van der Waals surface area contributed by atoms with Crippen molar-refractivity contribution in [3.8, 4) is 0 Å². The van der Waals surface area contributed by atoms with E-state index in [0.29, 0.717) is 11.3 Å². The molecule has 0 aromatic heterocycles. The van der Waals surface area contributed by atoms with Gasteiger partial charge in [0, 0.05) is 5.56 Å². The molecule has 0 bridgehead atoms. The summed E-state index contributed by atoms with van der Waals surface area (Å²) in [4.78, 5) is 22.9. The highest BCUT2D eigenvalue weighted by atomic mass is 16.5. The van der Waals surface area contributed by atoms with Crippen molar-refractivity contribution in [3.05, 3.63) is 29.8 Å². The van der Waals surface area contributed by atoms with Gasteiger partial charge in [0.25, 0.3) is 0 Å². The van der Waals surface area contributed by atoms with Crippen LogP contribution in [-0.4, -0.2) is 24.4 Å². The Balaban J connectivity index is 2.68. The molecule has 0 aliphatic heterocycles. The van der Waals surface area contributed by atoms with Gasteiger partial charge in [-0.1, -0.05) is 12.1 Å². The minimum absolute atomic E-state index is 0.00352. The van der Waals surface area contributed by atoms with Crippen LogP contribution in [-0.2, 0) is 9.53 Å². The standard InChI is InChI=1S/C13H17NO3/c1-9(2)17-8-13(16)14-12-7-5-4-6-11(12)10(3)15/h4-7,9H,8H2,1-3H3,(H,14,16). The summed E-state index contributed by atoms with van der Waals surface area (Å²) in [6.07, 6.45) is 0.00352. The summed E-state index contributed by atoms with van der Waals surface area (Å²) in [5, 5.41) is 2.66. The van der Waals surface area contributed by atoms with Gasteiger partial charge in [-0.05, 0) is 32.9 Å². The number of Topliss-reactive ketones (excluding diaryl/α,β-unsaturated/α-hetero) is 1. The van der Waals surface area contributed by atoms with Crippen molar-refractivity contribution in [3.63, 3.8) is 0 Å². The fourth-order valence-corrected chi connectivity index (χ4v) is 1.33. The fraction of sp³-hybridized carbons (Fsp3) is 0.385. The van der Waals surface area contributed by atoms with Gasteiger partial charge in [0.2, 0.25) is 5.91 Å². The number of rotatable bonds is 5. The molecular formula is C13H17NO3. The molecule has 0 aliphatic carbocycles. The number of anilines is 1. The molecule has 17 heavy (non-hydrogen) atoms. The molecular weight excluding hydrogens is 218 g/mol. The van der Waals surface area contributed by atoms with Crippen LogP contribution in [0.4, 0.5) is 5.69 Å². The monoisotopic (exact) mass is 235 g/mol. The van der Waals surface area contributed by atoms with Crippen molar-refractivity contribution >= 4 is 17.4 Å². The molecule has 0 atom stereocenters. The van der Waals surface area contributed by atoms with Crippen LogP contribution < -0.4 is 5.32 Å². The zero-order chi connectivity index (χ0) is 12.8. The molecule has 0 heterocycles. The molecule has 4 heteroatoms. The van der Waals surface area contributed by atoms with E-state index in [1.54, 1.807) is 24.3 Å². The molecule has 1 N–H and O–H groups in total. The quantitative estimate of drug-likeness (QED) is 0.796. The molecule has 1 aromatic carbocycles. The van der Waals surface area contributed by atoms with Crippen LogP contribution in [0.2, 0.25) is 0 Å². The molecule has 1 rings (SSSR count). The van der Waals surface area contributed by atoms with E-state index in [2.05, 4.69) is 5.32 Å². The minimum atomic E-state index is -0.257. The first-order valence-corrected chi connectivity index (χ1v) is 5.52. The second-order valence-corrected chi connectivity index (χ2v) is 4.01. The Labute approximate surface area is 101 Å². The lowest BCUT2D eigenvalue weighted by Gasteiger charge is -2.10. The second kappa shape index (κ2) is 6.15. The zero-order valence-electron chi connectivity index (χ0n) is 10.3. The lowest BCUT2D eigenvalue weighted by atomic mass is 10.1. The molecule has 0 radical (unpaired) electrons. The fourth-order valence-electron chi connectivity index (χ4n) is 1.33. The maximum absolute atomic E-state index is 11.5. The number of hydrogen-bond donors (Lipinski definition) is 1. The molecule has 0 unspecified atom stereocenters.